The molecule has 2 unspecified atom stereocenters. The molecule has 60 heavy (non-hydrogen) atoms. The molecular formula is C56H111NO3. The number of nitrogens with one attached hydrogen (secondary N) is 1. The van der Waals surface area contributed by atoms with E-state index in [0.717, 1.165) is 25.7 Å². The second-order valence-electron chi connectivity index (χ2n) is 19.4. The molecule has 2 atom stereocenters. The monoisotopic (exact) mass is 846 g/mol. The summed E-state index contributed by atoms with van der Waals surface area (Å²) < 4.78 is 0. The molecule has 0 aliphatic heterocycles. The Kier molecular flexibility index (Phi) is 51.7. The third kappa shape index (κ3) is 48.2. The summed E-state index contributed by atoms with van der Waals surface area (Å²) in [6, 6.07) is -0.534. The number of unbranched alkanes of at least 4 members (excludes halogenated alkanes) is 43. The molecule has 0 heterocycles. The van der Waals surface area contributed by atoms with Crippen LogP contribution in [-0.4, -0.2) is 34.9 Å². The number of carbonyl (C=O) groups excluding carboxylic acids is 1. The summed E-state index contributed by atoms with van der Waals surface area (Å²) >= 11 is 0. The van der Waals surface area contributed by atoms with Crippen molar-refractivity contribution in [3.05, 3.63) is 12.2 Å². The average molecular weight is 847 g/mol. The minimum Gasteiger partial charge on any atom is -0.394 e. The Morgan fingerprint density at radius 1 is 0.383 bits per heavy atom. The fourth-order valence-electron chi connectivity index (χ4n) is 9.01. The highest BCUT2D eigenvalue weighted by molar-refractivity contribution is 5.76. The molecule has 3 N–H and O–H groups in total. The van der Waals surface area contributed by atoms with Crippen LogP contribution in [0.3, 0.4) is 0 Å². The topological polar surface area (TPSA) is 69.6 Å². The van der Waals surface area contributed by atoms with Crippen molar-refractivity contribution in [2.75, 3.05) is 6.61 Å². The number of hydrogen-bond acceptors (Lipinski definition) is 3. The molecule has 0 radical (unpaired) electrons. The van der Waals surface area contributed by atoms with Crippen LogP contribution in [0.15, 0.2) is 12.2 Å². The molecular weight excluding hydrogens is 735 g/mol. The summed E-state index contributed by atoms with van der Waals surface area (Å²) in [6.45, 7) is 4.40. The van der Waals surface area contributed by atoms with Gasteiger partial charge < -0.3 is 15.5 Å². The summed E-state index contributed by atoms with van der Waals surface area (Å²) in [7, 11) is 0. The highest BCUT2D eigenvalue weighted by atomic mass is 16.3. The summed E-state index contributed by atoms with van der Waals surface area (Å²) in [5, 5.41) is 23.3. The Balaban J connectivity index is 3.43. The molecule has 0 saturated carbocycles. The lowest BCUT2D eigenvalue weighted by Gasteiger charge is -2.22. The first kappa shape index (κ1) is 59.1. The fourth-order valence-corrected chi connectivity index (χ4v) is 9.01. The van der Waals surface area contributed by atoms with Crippen LogP contribution in [-0.2, 0) is 4.79 Å². The number of carbonyl (C=O) groups is 1. The van der Waals surface area contributed by atoms with E-state index in [1.54, 1.807) is 0 Å². The van der Waals surface area contributed by atoms with Gasteiger partial charge in [0, 0.05) is 6.42 Å². The summed E-state index contributed by atoms with van der Waals surface area (Å²) in [5.41, 5.74) is 0. The van der Waals surface area contributed by atoms with Crippen molar-refractivity contribution in [3.63, 3.8) is 0 Å². The van der Waals surface area contributed by atoms with Crippen LogP contribution in [0, 0.1) is 0 Å². The summed E-state index contributed by atoms with van der Waals surface area (Å²) in [4.78, 5) is 12.5. The molecule has 0 aliphatic rings. The van der Waals surface area contributed by atoms with E-state index >= 15 is 0 Å². The molecule has 4 nitrogen and oxygen atoms in total. The first-order valence-electron chi connectivity index (χ1n) is 27.9. The summed E-state index contributed by atoms with van der Waals surface area (Å²) in [6.07, 6.45) is 67.7. The van der Waals surface area contributed by atoms with Gasteiger partial charge >= 0.3 is 0 Å². The van der Waals surface area contributed by atoms with E-state index < -0.39 is 12.1 Å². The van der Waals surface area contributed by atoms with E-state index in [9.17, 15) is 15.0 Å². The van der Waals surface area contributed by atoms with Gasteiger partial charge in [0.05, 0.1) is 18.8 Å². The van der Waals surface area contributed by atoms with Gasteiger partial charge in [-0.05, 0) is 38.5 Å². The number of aliphatic hydroxyl groups excluding tert-OH is 2. The molecule has 358 valence electrons. The van der Waals surface area contributed by atoms with Gasteiger partial charge in [-0.15, -0.1) is 0 Å². The lowest BCUT2D eigenvalue weighted by atomic mass is 10.0. The molecule has 1 amide bonds. The first-order chi connectivity index (χ1) is 29.7. The van der Waals surface area contributed by atoms with Crippen LogP contribution >= 0.6 is 0 Å². The molecule has 4 heteroatoms. The fraction of sp³-hybridized carbons (Fsp3) is 0.946. The second kappa shape index (κ2) is 52.5. The van der Waals surface area contributed by atoms with E-state index in [4.69, 9.17) is 0 Å². The van der Waals surface area contributed by atoms with E-state index in [1.165, 1.54) is 270 Å². The van der Waals surface area contributed by atoms with Crippen molar-refractivity contribution in [1.29, 1.82) is 0 Å². The number of hydrogen-bond donors (Lipinski definition) is 3. The van der Waals surface area contributed by atoms with Gasteiger partial charge in [-0.25, -0.2) is 0 Å². The molecule has 0 spiro atoms. The van der Waals surface area contributed by atoms with Crippen molar-refractivity contribution >= 4 is 5.91 Å². The lowest BCUT2D eigenvalue weighted by Crippen LogP contribution is -2.45. The van der Waals surface area contributed by atoms with Gasteiger partial charge in [-0.2, -0.15) is 0 Å². The van der Waals surface area contributed by atoms with Crippen LogP contribution in [0.5, 0.6) is 0 Å². The maximum atomic E-state index is 12.5. The van der Waals surface area contributed by atoms with Crippen molar-refractivity contribution in [1.82, 2.24) is 5.32 Å². The van der Waals surface area contributed by atoms with Crippen LogP contribution in [0.25, 0.3) is 0 Å². The van der Waals surface area contributed by atoms with E-state index in [2.05, 4.69) is 31.3 Å². The molecule has 0 bridgehead atoms. The number of rotatable bonds is 52. The largest absolute Gasteiger partial charge is 0.394 e. The van der Waals surface area contributed by atoms with Gasteiger partial charge in [0.25, 0.3) is 0 Å². The normalized spacial score (nSPS) is 12.8. The maximum Gasteiger partial charge on any atom is 0.220 e. The van der Waals surface area contributed by atoms with Crippen molar-refractivity contribution in [2.45, 2.75) is 334 Å². The Morgan fingerprint density at radius 3 is 0.917 bits per heavy atom. The van der Waals surface area contributed by atoms with Crippen molar-refractivity contribution < 1.29 is 15.0 Å². The third-order valence-electron chi connectivity index (χ3n) is 13.3. The molecule has 0 saturated heterocycles. The van der Waals surface area contributed by atoms with E-state index in [0.29, 0.717) is 12.8 Å². The number of amides is 1. The van der Waals surface area contributed by atoms with Crippen LogP contribution in [0.4, 0.5) is 0 Å². The molecule has 0 rings (SSSR count). The smallest absolute Gasteiger partial charge is 0.220 e. The zero-order chi connectivity index (χ0) is 43.5. The van der Waals surface area contributed by atoms with Gasteiger partial charge in [0.1, 0.15) is 0 Å². The van der Waals surface area contributed by atoms with Gasteiger partial charge in [0.15, 0.2) is 0 Å². The van der Waals surface area contributed by atoms with Gasteiger partial charge in [0.2, 0.25) is 5.91 Å². The molecule has 0 aromatic heterocycles. The number of allylic oxidation sites excluding steroid dienone is 2. The zero-order valence-corrected chi connectivity index (χ0v) is 41.3. The Bertz CT molecular complexity index is 829. The standard InChI is InChI=1S/C56H111NO3/c1-3-5-7-9-11-13-15-17-19-21-23-25-27-28-30-31-33-35-37-39-41-43-45-47-49-51-55(59)54(53-58)57-56(60)52-50-48-46-44-42-40-38-36-34-32-29-26-24-22-20-18-16-14-12-10-8-6-4-2/h22,24,54-55,58-59H,3-21,23,25-53H2,1-2H3,(H,57,60)/b24-22-. The quantitative estimate of drug-likeness (QED) is 0.0422. The predicted octanol–water partition coefficient (Wildman–Crippen LogP) is 18.1. The zero-order valence-electron chi connectivity index (χ0n) is 41.3. The molecule has 0 aliphatic carbocycles. The molecule has 0 aromatic carbocycles. The van der Waals surface area contributed by atoms with Gasteiger partial charge in [-0.3, -0.25) is 4.79 Å². The third-order valence-corrected chi connectivity index (χ3v) is 13.3. The van der Waals surface area contributed by atoms with Crippen LogP contribution in [0.1, 0.15) is 322 Å². The van der Waals surface area contributed by atoms with Crippen molar-refractivity contribution in [2.24, 2.45) is 0 Å². The highest BCUT2D eigenvalue weighted by Crippen LogP contribution is 2.18. The SMILES string of the molecule is CCCCCCCCCC/C=C\CCCCCCCCCCCCCC(=O)NC(CO)C(O)CCCCCCCCCCCCCCCCCCCCCCCCCCC. The van der Waals surface area contributed by atoms with Crippen LogP contribution < -0.4 is 5.32 Å². The molecule has 0 aromatic rings. The van der Waals surface area contributed by atoms with Gasteiger partial charge in [-0.1, -0.05) is 289 Å². The minimum atomic E-state index is -0.658. The highest BCUT2D eigenvalue weighted by Gasteiger charge is 2.20. The van der Waals surface area contributed by atoms with Crippen LogP contribution in [0.2, 0.25) is 0 Å². The average Bonchev–Trinajstić information content (AvgIpc) is 3.25. The Labute approximate surface area is 377 Å². The predicted molar refractivity (Wildman–Crippen MR) is 267 cm³/mol. The maximum absolute atomic E-state index is 12.5. The number of aliphatic hydroxyl groups is 2. The summed E-state index contributed by atoms with van der Waals surface area (Å²) in [5.74, 6) is -0.0260. The van der Waals surface area contributed by atoms with E-state index in [-0.39, 0.29) is 12.5 Å². The lowest BCUT2D eigenvalue weighted by molar-refractivity contribution is -0.123. The van der Waals surface area contributed by atoms with E-state index in [1.807, 2.05) is 0 Å². The second-order valence-corrected chi connectivity index (χ2v) is 19.4. The minimum absolute atomic E-state index is 0.0260. The molecule has 0 fully saturated rings. The Morgan fingerprint density at radius 2 is 0.633 bits per heavy atom. The Hall–Kier alpha value is -0.870. The first-order valence-corrected chi connectivity index (χ1v) is 27.9. The van der Waals surface area contributed by atoms with Crippen molar-refractivity contribution in [3.8, 4) is 0 Å².